The summed E-state index contributed by atoms with van der Waals surface area (Å²) in [6.45, 7) is 7.63. The topological polar surface area (TPSA) is 43.4 Å². The van der Waals surface area contributed by atoms with Gasteiger partial charge < -0.3 is 4.74 Å². The van der Waals surface area contributed by atoms with Gasteiger partial charge in [-0.25, -0.2) is 0 Å². The fourth-order valence-electron chi connectivity index (χ4n) is 3.54. The van der Waals surface area contributed by atoms with Crippen LogP contribution in [0.3, 0.4) is 0 Å². The van der Waals surface area contributed by atoms with Gasteiger partial charge in [0, 0.05) is 12.8 Å². The van der Waals surface area contributed by atoms with Crippen molar-refractivity contribution in [2.75, 3.05) is 0 Å². The molecule has 2 fully saturated rings. The second-order valence-electron chi connectivity index (χ2n) is 6.59. The molecule has 0 heterocycles. The Morgan fingerprint density at radius 3 is 2.47 bits per heavy atom. The van der Waals surface area contributed by atoms with E-state index in [1.807, 2.05) is 0 Å². The molecule has 0 N–H and O–H groups in total. The van der Waals surface area contributed by atoms with Crippen LogP contribution >= 0.6 is 0 Å². The summed E-state index contributed by atoms with van der Waals surface area (Å²) in [5.74, 6) is 0.541. The average Bonchev–Trinajstić information content (AvgIpc) is 2.57. The molecule has 2 rings (SSSR count). The molecule has 0 amide bonds. The second kappa shape index (κ2) is 4.11. The first-order chi connectivity index (χ1) is 7.80. The number of hydrogen-bond donors (Lipinski definition) is 0. The Bertz CT molecular complexity index is 340. The molecule has 0 saturated heterocycles. The van der Waals surface area contributed by atoms with E-state index in [0.717, 1.165) is 19.3 Å². The highest BCUT2D eigenvalue weighted by molar-refractivity contribution is 5.86. The number of ketones is 1. The Morgan fingerprint density at radius 1 is 1.29 bits per heavy atom. The van der Waals surface area contributed by atoms with Crippen LogP contribution in [0.25, 0.3) is 0 Å². The largest absolute Gasteiger partial charge is 0.461 e. The van der Waals surface area contributed by atoms with E-state index in [1.54, 1.807) is 0 Å². The molecule has 0 radical (unpaired) electrons. The maximum absolute atomic E-state index is 12.4. The molecule has 17 heavy (non-hydrogen) atoms. The highest BCUT2D eigenvalue weighted by Crippen LogP contribution is 2.49. The van der Waals surface area contributed by atoms with Gasteiger partial charge in [0.15, 0.2) is 0 Å². The summed E-state index contributed by atoms with van der Waals surface area (Å²) in [7, 11) is 0. The lowest BCUT2D eigenvalue weighted by Crippen LogP contribution is -2.48. The van der Waals surface area contributed by atoms with Gasteiger partial charge in [-0.1, -0.05) is 20.8 Å². The number of fused-ring (bicyclic) bond motifs is 2. The van der Waals surface area contributed by atoms with Crippen molar-refractivity contribution in [2.24, 2.45) is 23.2 Å². The minimum Gasteiger partial charge on any atom is -0.461 e. The van der Waals surface area contributed by atoms with Crippen LogP contribution in [0.1, 0.15) is 47.0 Å². The average molecular weight is 238 g/mol. The molecule has 3 nitrogen and oxygen atoms in total. The van der Waals surface area contributed by atoms with Crippen LogP contribution in [-0.4, -0.2) is 17.9 Å². The lowest BCUT2D eigenvalue weighted by molar-refractivity contribution is -0.163. The maximum Gasteiger partial charge on any atom is 0.302 e. The van der Waals surface area contributed by atoms with E-state index in [2.05, 4.69) is 20.8 Å². The lowest BCUT2D eigenvalue weighted by atomic mass is 9.66. The van der Waals surface area contributed by atoms with E-state index in [0.29, 0.717) is 11.7 Å². The third-order valence-electron chi connectivity index (χ3n) is 4.21. The van der Waals surface area contributed by atoms with Crippen molar-refractivity contribution in [1.29, 1.82) is 0 Å². The Labute approximate surface area is 103 Å². The molecular formula is C14H22O3. The number of hydrogen-bond acceptors (Lipinski definition) is 3. The monoisotopic (exact) mass is 238 g/mol. The molecule has 0 spiro atoms. The zero-order valence-corrected chi connectivity index (χ0v) is 11.2. The summed E-state index contributed by atoms with van der Waals surface area (Å²) in [5.41, 5.74) is -0.127. The minimum absolute atomic E-state index is 0.127. The first-order valence-corrected chi connectivity index (χ1v) is 6.51. The fraction of sp³-hybridized carbons (Fsp3) is 0.857. The standard InChI is InChI=1S/C14H22O3/c1-8(15)17-13-10-6-5-9(7-10)12(16)11(13)14(2,3)4/h9-11,13H,5-7H2,1-4H3. The lowest BCUT2D eigenvalue weighted by Gasteiger charge is -2.41. The predicted molar refractivity (Wildman–Crippen MR) is 64.3 cm³/mol. The number of esters is 1. The Morgan fingerprint density at radius 2 is 1.94 bits per heavy atom. The van der Waals surface area contributed by atoms with Crippen LogP contribution in [0, 0.1) is 23.2 Å². The summed E-state index contributed by atoms with van der Waals surface area (Å²) in [6.07, 6.45) is 2.73. The van der Waals surface area contributed by atoms with Crippen LogP contribution in [0.15, 0.2) is 0 Å². The van der Waals surface area contributed by atoms with Crippen molar-refractivity contribution in [2.45, 2.75) is 53.1 Å². The quantitative estimate of drug-likeness (QED) is 0.659. The normalized spacial score (nSPS) is 37.1. The third-order valence-corrected chi connectivity index (χ3v) is 4.21. The van der Waals surface area contributed by atoms with Gasteiger partial charge in [-0.2, -0.15) is 0 Å². The van der Waals surface area contributed by atoms with Crippen molar-refractivity contribution in [3.63, 3.8) is 0 Å². The summed E-state index contributed by atoms with van der Waals surface area (Å²) in [5, 5.41) is 0. The number of Topliss-reactive ketones (excluding diaryl/α,β-unsaturated/α-hetero) is 1. The summed E-state index contributed by atoms with van der Waals surface area (Å²) in [4.78, 5) is 23.7. The Hall–Kier alpha value is -0.860. The summed E-state index contributed by atoms with van der Waals surface area (Å²) < 4.78 is 5.47. The van der Waals surface area contributed by atoms with Crippen molar-refractivity contribution in [3.05, 3.63) is 0 Å². The van der Waals surface area contributed by atoms with Crippen molar-refractivity contribution in [1.82, 2.24) is 0 Å². The second-order valence-corrected chi connectivity index (χ2v) is 6.59. The first-order valence-electron chi connectivity index (χ1n) is 6.51. The molecular weight excluding hydrogens is 216 g/mol. The van der Waals surface area contributed by atoms with Gasteiger partial charge in [-0.15, -0.1) is 0 Å². The van der Waals surface area contributed by atoms with Crippen molar-refractivity contribution < 1.29 is 14.3 Å². The van der Waals surface area contributed by atoms with Crippen LogP contribution in [0.4, 0.5) is 0 Å². The molecule has 0 aliphatic heterocycles. The van der Waals surface area contributed by atoms with Gasteiger partial charge in [0.1, 0.15) is 11.9 Å². The highest BCUT2D eigenvalue weighted by atomic mass is 16.5. The van der Waals surface area contributed by atoms with Gasteiger partial charge >= 0.3 is 5.97 Å². The zero-order chi connectivity index (χ0) is 12.8. The Balaban J connectivity index is 2.30. The van der Waals surface area contributed by atoms with Crippen LogP contribution in [0.5, 0.6) is 0 Å². The fourth-order valence-corrected chi connectivity index (χ4v) is 3.54. The Kier molecular flexibility index (Phi) is 3.04. The number of ether oxygens (including phenoxy) is 1. The van der Waals surface area contributed by atoms with Crippen LogP contribution < -0.4 is 0 Å². The molecule has 4 atom stereocenters. The molecule has 0 aromatic heterocycles. The number of carbonyl (C=O) groups is 2. The summed E-state index contributed by atoms with van der Waals surface area (Å²) in [6, 6.07) is 0. The van der Waals surface area contributed by atoms with E-state index >= 15 is 0 Å². The zero-order valence-electron chi connectivity index (χ0n) is 11.2. The van der Waals surface area contributed by atoms with Crippen molar-refractivity contribution in [3.8, 4) is 0 Å². The van der Waals surface area contributed by atoms with Gasteiger partial charge in [-0.3, -0.25) is 9.59 Å². The van der Waals surface area contributed by atoms with E-state index in [1.165, 1.54) is 6.92 Å². The van der Waals surface area contributed by atoms with E-state index in [-0.39, 0.29) is 29.3 Å². The number of rotatable bonds is 1. The van der Waals surface area contributed by atoms with E-state index in [4.69, 9.17) is 4.74 Å². The van der Waals surface area contributed by atoms with Gasteiger partial charge in [0.25, 0.3) is 0 Å². The molecule has 3 heteroatoms. The predicted octanol–water partition coefficient (Wildman–Crippen LogP) is 2.58. The smallest absolute Gasteiger partial charge is 0.302 e. The molecule has 4 unspecified atom stereocenters. The molecule has 0 aromatic carbocycles. The van der Waals surface area contributed by atoms with Crippen LogP contribution in [-0.2, 0) is 14.3 Å². The molecule has 2 aliphatic rings. The first kappa shape index (κ1) is 12.6. The van der Waals surface area contributed by atoms with Gasteiger partial charge in [0.05, 0.1) is 5.92 Å². The maximum atomic E-state index is 12.4. The highest BCUT2D eigenvalue weighted by Gasteiger charge is 2.53. The molecule has 96 valence electrons. The molecule has 2 saturated carbocycles. The minimum atomic E-state index is -0.262. The SMILES string of the molecule is CC(=O)OC1C2CCC(C2)C(=O)C1C(C)(C)C. The van der Waals surface area contributed by atoms with Crippen molar-refractivity contribution >= 4 is 11.8 Å². The molecule has 2 bridgehead atoms. The third kappa shape index (κ3) is 2.24. The summed E-state index contributed by atoms with van der Waals surface area (Å²) >= 11 is 0. The number of carbonyl (C=O) groups excluding carboxylic acids is 2. The van der Waals surface area contributed by atoms with Gasteiger partial charge in [-0.05, 0) is 30.6 Å². The van der Waals surface area contributed by atoms with E-state index in [9.17, 15) is 9.59 Å². The molecule has 2 aliphatic carbocycles. The molecule has 0 aromatic rings. The van der Waals surface area contributed by atoms with Gasteiger partial charge in [0.2, 0.25) is 0 Å². The van der Waals surface area contributed by atoms with Crippen LogP contribution in [0.2, 0.25) is 0 Å². The van der Waals surface area contributed by atoms with E-state index < -0.39 is 0 Å².